The Morgan fingerprint density at radius 2 is 1.73 bits per heavy atom. The van der Waals surface area contributed by atoms with Crippen LogP contribution in [0.15, 0.2) is 53.6 Å². The van der Waals surface area contributed by atoms with Gasteiger partial charge in [0.25, 0.3) is 0 Å². The first-order valence-electron chi connectivity index (χ1n) is 7.96. The molecule has 0 aliphatic carbocycles. The molecular formula is C19H21N3O4. The van der Waals surface area contributed by atoms with E-state index in [0.29, 0.717) is 17.1 Å². The van der Waals surface area contributed by atoms with Crippen molar-refractivity contribution in [2.75, 3.05) is 14.2 Å². The molecule has 2 N–H and O–H groups in total. The molecule has 0 fully saturated rings. The zero-order valence-corrected chi connectivity index (χ0v) is 14.9. The van der Waals surface area contributed by atoms with Crippen molar-refractivity contribution >= 4 is 18.0 Å². The monoisotopic (exact) mass is 355 g/mol. The molecule has 7 nitrogen and oxygen atoms in total. The van der Waals surface area contributed by atoms with Crippen LogP contribution in [0.1, 0.15) is 24.1 Å². The van der Waals surface area contributed by atoms with Gasteiger partial charge in [-0.2, -0.15) is 5.10 Å². The lowest BCUT2D eigenvalue weighted by molar-refractivity contribution is -0.139. The second-order valence-corrected chi connectivity index (χ2v) is 5.39. The SMILES string of the molecule is COc1cccc(/C=N\NC(=O)C(=O)N[C@H](C)c2ccccc2)c1OC. The summed E-state index contributed by atoms with van der Waals surface area (Å²) >= 11 is 0. The lowest BCUT2D eigenvalue weighted by atomic mass is 10.1. The number of methoxy groups -OCH3 is 2. The summed E-state index contributed by atoms with van der Waals surface area (Å²) in [7, 11) is 3.03. The summed E-state index contributed by atoms with van der Waals surface area (Å²) in [6, 6.07) is 14.3. The van der Waals surface area contributed by atoms with Crippen molar-refractivity contribution in [1.82, 2.24) is 10.7 Å². The van der Waals surface area contributed by atoms with Crippen LogP contribution < -0.4 is 20.2 Å². The Bertz CT molecular complexity index is 791. The summed E-state index contributed by atoms with van der Waals surface area (Å²) in [4.78, 5) is 23.8. The predicted molar refractivity (Wildman–Crippen MR) is 98.3 cm³/mol. The molecule has 2 rings (SSSR count). The van der Waals surface area contributed by atoms with Crippen molar-refractivity contribution in [2.24, 2.45) is 5.10 Å². The molecule has 0 saturated heterocycles. The summed E-state index contributed by atoms with van der Waals surface area (Å²) in [6.07, 6.45) is 1.38. The van der Waals surface area contributed by atoms with E-state index in [1.54, 1.807) is 25.1 Å². The van der Waals surface area contributed by atoms with Crippen LogP contribution in [0.25, 0.3) is 0 Å². The molecule has 26 heavy (non-hydrogen) atoms. The van der Waals surface area contributed by atoms with E-state index in [1.165, 1.54) is 20.4 Å². The number of rotatable bonds is 6. The Labute approximate surface area is 152 Å². The minimum atomic E-state index is -0.856. The summed E-state index contributed by atoms with van der Waals surface area (Å²) in [5, 5.41) is 6.42. The highest BCUT2D eigenvalue weighted by atomic mass is 16.5. The zero-order valence-electron chi connectivity index (χ0n) is 14.9. The minimum Gasteiger partial charge on any atom is -0.493 e. The number of hydrogen-bond acceptors (Lipinski definition) is 5. The summed E-state index contributed by atoms with van der Waals surface area (Å²) in [5.74, 6) is -0.602. The van der Waals surface area contributed by atoms with Crippen LogP contribution in [0.2, 0.25) is 0 Å². The third-order valence-electron chi connectivity index (χ3n) is 3.66. The van der Waals surface area contributed by atoms with Crippen LogP contribution in [-0.4, -0.2) is 32.2 Å². The minimum absolute atomic E-state index is 0.295. The summed E-state index contributed by atoms with van der Waals surface area (Å²) in [5.41, 5.74) is 3.70. The van der Waals surface area contributed by atoms with Gasteiger partial charge in [0.15, 0.2) is 11.5 Å². The smallest absolute Gasteiger partial charge is 0.329 e. The number of nitrogens with zero attached hydrogens (tertiary/aromatic N) is 1. The maximum Gasteiger partial charge on any atom is 0.329 e. The van der Waals surface area contributed by atoms with Crippen LogP contribution in [-0.2, 0) is 9.59 Å². The fourth-order valence-corrected chi connectivity index (χ4v) is 2.31. The molecule has 7 heteroatoms. The van der Waals surface area contributed by atoms with Gasteiger partial charge in [-0.3, -0.25) is 9.59 Å². The number of amides is 2. The normalized spacial score (nSPS) is 11.7. The number of ether oxygens (including phenoxy) is 2. The van der Waals surface area contributed by atoms with Crippen LogP contribution in [0.5, 0.6) is 11.5 Å². The Kier molecular flexibility index (Phi) is 6.73. The van der Waals surface area contributed by atoms with Crippen LogP contribution in [0, 0.1) is 0 Å². The van der Waals surface area contributed by atoms with E-state index < -0.39 is 11.8 Å². The standard InChI is InChI=1S/C19H21N3O4/c1-13(14-8-5-4-6-9-14)21-18(23)19(24)22-20-12-15-10-7-11-16(25-2)17(15)26-3/h4-13H,1-3H3,(H,21,23)(H,22,24)/b20-12-/t13-/m1/s1. The van der Waals surface area contributed by atoms with E-state index in [2.05, 4.69) is 15.8 Å². The Hall–Kier alpha value is -3.35. The largest absolute Gasteiger partial charge is 0.493 e. The van der Waals surface area contributed by atoms with Gasteiger partial charge < -0.3 is 14.8 Å². The lowest BCUT2D eigenvalue weighted by Gasteiger charge is -2.13. The number of para-hydroxylation sites is 1. The summed E-state index contributed by atoms with van der Waals surface area (Å²) < 4.78 is 10.5. The van der Waals surface area contributed by atoms with E-state index in [0.717, 1.165) is 5.56 Å². The van der Waals surface area contributed by atoms with Gasteiger partial charge in [0.2, 0.25) is 0 Å². The van der Waals surface area contributed by atoms with Crippen molar-refractivity contribution in [3.05, 3.63) is 59.7 Å². The van der Waals surface area contributed by atoms with Gasteiger partial charge in [0.05, 0.1) is 26.5 Å². The van der Waals surface area contributed by atoms with Crippen molar-refractivity contribution in [2.45, 2.75) is 13.0 Å². The molecule has 0 radical (unpaired) electrons. The molecule has 2 aromatic carbocycles. The highest BCUT2D eigenvalue weighted by Crippen LogP contribution is 2.29. The molecule has 136 valence electrons. The molecule has 1 atom stereocenters. The molecule has 0 bridgehead atoms. The topological polar surface area (TPSA) is 89.0 Å². The third kappa shape index (κ3) is 4.83. The van der Waals surface area contributed by atoms with Gasteiger partial charge in [-0.15, -0.1) is 0 Å². The van der Waals surface area contributed by atoms with Crippen molar-refractivity contribution < 1.29 is 19.1 Å². The Balaban J connectivity index is 1.96. The molecule has 0 aromatic heterocycles. The first kappa shape index (κ1) is 19.0. The molecule has 0 spiro atoms. The maximum atomic E-state index is 12.0. The Morgan fingerprint density at radius 3 is 2.38 bits per heavy atom. The number of hydrazone groups is 1. The second-order valence-electron chi connectivity index (χ2n) is 5.39. The second kappa shape index (κ2) is 9.22. The highest BCUT2D eigenvalue weighted by Gasteiger charge is 2.16. The molecule has 0 aliphatic rings. The van der Waals surface area contributed by atoms with Crippen LogP contribution in [0.4, 0.5) is 0 Å². The highest BCUT2D eigenvalue weighted by molar-refractivity contribution is 6.35. The Morgan fingerprint density at radius 1 is 1.00 bits per heavy atom. The zero-order chi connectivity index (χ0) is 18.9. The number of benzene rings is 2. The average Bonchev–Trinajstić information content (AvgIpc) is 2.68. The van der Waals surface area contributed by atoms with E-state index in [4.69, 9.17) is 9.47 Å². The molecule has 0 saturated carbocycles. The maximum absolute atomic E-state index is 12.0. The first-order valence-corrected chi connectivity index (χ1v) is 7.96. The van der Waals surface area contributed by atoms with Gasteiger partial charge in [-0.25, -0.2) is 5.43 Å². The van der Waals surface area contributed by atoms with Crippen molar-refractivity contribution in [3.63, 3.8) is 0 Å². The molecule has 0 aliphatic heterocycles. The number of carbonyl (C=O) groups excluding carboxylic acids is 2. The fourth-order valence-electron chi connectivity index (χ4n) is 2.31. The lowest BCUT2D eigenvalue weighted by Crippen LogP contribution is -2.39. The molecule has 0 unspecified atom stereocenters. The number of nitrogens with one attached hydrogen (secondary N) is 2. The fraction of sp³-hybridized carbons (Fsp3) is 0.211. The quantitative estimate of drug-likeness (QED) is 0.471. The van der Waals surface area contributed by atoms with Crippen LogP contribution in [0.3, 0.4) is 0 Å². The first-order chi connectivity index (χ1) is 12.6. The van der Waals surface area contributed by atoms with Crippen LogP contribution >= 0.6 is 0 Å². The third-order valence-corrected chi connectivity index (χ3v) is 3.66. The summed E-state index contributed by atoms with van der Waals surface area (Å²) in [6.45, 7) is 1.80. The van der Waals surface area contributed by atoms with Gasteiger partial charge >= 0.3 is 11.8 Å². The van der Waals surface area contributed by atoms with Crippen molar-refractivity contribution in [3.8, 4) is 11.5 Å². The van der Waals surface area contributed by atoms with Gasteiger partial charge in [-0.1, -0.05) is 36.4 Å². The predicted octanol–water partition coefficient (Wildman–Crippen LogP) is 2.03. The van der Waals surface area contributed by atoms with Crippen molar-refractivity contribution in [1.29, 1.82) is 0 Å². The van der Waals surface area contributed by atoms with E-state index in [9.17, 15) is 9.59 Å². The van der Waals surface area contributed by atoms with E-state index >= 15 is 0 Å². The molecule has 0 heterocycles. The molecule has 2 aromatic rings. The molecular weight excluding hydrogens is 334 g/mol. The van der Waals surface area contributed by atoms with Gasteiger partial charge in [-0.05, 0) is 24.6 Å². The van der Waals surface area contributed by atoms with Gasteiger partial charge in [0, 0.05) is 5.56 Å². The van der Waals surface area contributed by atoms with E-state index in [-0.39, 0.29) is 6.04 Å². The number of carbonyl (C=O) groups is 2. The molecule has 2 amide bonds. The average molecular weight is 355 g/mol. The van der Waals surface area contributed by atoms with E-state index in [1.807, 2.05) is 30.3 Å². The number of hydrogen-bond donors (Lipinski definition) is 2. The van der Waals surface area contributed by atoms with Gasteiger partial charge in [0.1, 0.15) is 0 Å².